The molecule has 28 heavy (non-hydrogen) atoms. The number of nitrogens with zero attached hydrogens (tertiary/aromatic N) is 4. The van der Waals surface area contributed by atoms with Gasteiger partial charge in [0.2, 0.25) is 11.4 Å². The molecule has 2 heterocycles. The van der Waals surface area contributed by atoms with Gasteiger partial charge in [-0.15, -0.1) is 0 Å². The van der Waals surface area contributed by atoms with Gasteiger partial charge in [-0.2, -0.15) is 15.1 Å². The van der Waals surface area contributed by atoms with E-state index in [9.17, 15) is 0 Å². The van der Waals surface area contributed by atoms with Crippen LogP contribution in [0.15, 0.2) is 91.4 Å². The van der Waals surface area contributed by atoms with Gasteiger partial charge < -0.3 is 0 Å². The topological polar surface area (TPSA) is 64.3 Å². The maximum Gasteiger partial charge on any atom is 0.219 e. The Hall–Kier alpha value is -4.28. The van der Waals surface area contributed by atoms with Crippen LogP contribution in [0, 0.1) is 22.7 Å². The summed E-state index contributed by atoms with van der Waals surface area (Å²) in [6.07, 6.45) is 5.57. The van der Waals surface area contributed by atoms with E-state index in [-0.39, 0.29) is 0 Å². The first-order chi connectivity index (χ1) is 13.8. The maximum atomic E-state index is 9.09. The molecule has 2 aromatic heterocycles. The van der Waals surface area contributed by atoms with Gasteiger partial charge in [-0.3, -0.25) is 4.98 Å². The number of pyridine rings is 2. The standard InChI is InChI=1S/C24H15N4/c25-16-18-1-5-21(6-2-18)24-15-22(20-9-12-27-13-10-20)11-14-28(24)23-7-3-19(17-26)4-8-23/h1-15H/q+1. The second-order valence-corrected chi connectivity index (χ2v) is 6.25. The zero-order chi connectivity index (χ0) is 19.3. The molecule has 4 rings (SSSR count). The first-order valence-corrected chi connectivity index (χ1v) is 8.76. The Labute approximate surface area is 163 Å². The third kappa shape index (κ3) is 3.35. The largest absolute Gasteiger partial charge is 0.265 e. The van der Waals surface area contributed by atoms with Crippen LogP contribution in [-0.2, 0) is 0 Å². The molecule has 0 atom stereocenters. The van der Waals surface area contributed by atoms with E-state index in [0.717, 1.165) is 28.1 Å². The van der Waals surface area contributed by atoms with E-state index in [1.807, 2.05) is 66.9 Å². The molecule has 4 heteroatoms. The van der Waals surface area contributed by atoms with Crippen molar-refractivity contribution in [3.63, 3.8) is 0 Å². The van der Waals surface area contributed by atoms with Gasteiger partial charge in [0.15, 0.2) is 6.20 Å². The van der Waals surface area contributed by atoms with Crippen molar-refractivity contribution in [1.82, 2.24) is 4.98 Å². The van der Waals surface area contributed by atoms with Crippen LogP contribution < -0.4 is 4.57 Å². The number of rotatable bonds is 3. The molecule has 0 unspecified atom stereocenters. The van der Waals surface area contributed by atoms with Gasteiger partial charge in [-0.05, 0) is 59.7 Å². The van der Waals surface area contributed by atoms with E-state index in [1.54, 1.807) is 12.4 Å². The summed E-state index contributed by atoms with van der Waals surface area (Å²) in [6, 6.07) is 27.4. The van der Waals surface area contributed by atoms with Crippen molar-refractivity contribution in [2.24, 2.45) is 0 Å². The number of benzene rings is 2. The Balaban J connectivity index is 1.89. The third-order valence-electron chi connectivity index (χ3n) is 4.55. The lowest BCUT2D eigenvalue weighted by Gasteiger charge is -2.07. The molecule has 0 aliphatic rings. The molecule has 0 radical (unpaired) electrons. The van der Waals surface area contributed by atoms with Crippen molar-refractivity contribution in [3.05, 3.63) is 103 Å². The highest BCUT2D eigenvalue weighted by atomic mass is 15.0. The number of aromatic nitrogens is 2. The highest BCUT2D eigenvalue weighted by Gasteiger charge is 2.17. The minimum absolute atomic E-state index is 0.623. The lowest BCUT2D eigenvalue weighted by molar-refractivity contribution is -0.583. The van der Waals surface area contributed by atoms with Gasteiger partial charge in [0.25, 0.3) is 0 Å². The molecule has 4 nitrogen and oxygen atoms in total. The molecule has 0 amide bonds. The molecule has 2 aromatic carbocycles. The van der Waals surface area contributed by atoms with Gasteiger partial charge >= 0.3 is 0 Å². The van der Waals surface area contributed by atoms with Gasteiger partial charge in [-0.1, -0.05) is 0 Å². The van der Waals surface area contributed by atoms with Gasteiger partial charge in [0, 0.05) is 42.2 Å². The zero-order valence-electron chi connectivity index (χ0n) is 14.9. The summed E-state index contributed by atoms with van der Waals surface area (Å²) in [7, 11) is 0. The zero-order valence-corrected chi connectivity index (χ0v) is 14.9. The number of hydrogen-bond acceptors (Lipinski definition) is 3. The Kier molecular flexibility index (Phi) is 4.61. The highest BCUT2D eigenvalue weighted by Crippen LogP contribution is 2.24. The van der Waals surface area contributed by atoms with Crippen LogP contribution in [0.2, 0.25) is 0 Å². The van der Waals surface area contributed by atoms with Gasteiger partial charge in [-0.25, -0.2) is 0 Å². The van der Waals surface area contributed by atoms with Crippen molar-refractivity contribution in [2.45, 2.75) is 0 Å². The molecular formula is C24H15N4+. The molecule has 0 fully saturated rings. The average molecular weight is 359 g/mol. The number of nitriles is 2. The van der Waals surface area contributed by atoms with Gasteiger partial charge in [0.1, 0.15) is 0 Å². The molecule has 0 spiro atoms. The second-order valence-electron chi connectivity index (χ2n) is 6.25. The summed E-state index contributed by atoms with van der Waals surface area (Å²) >= 11 is 0. The molecule has 0 aliphatic heterocycles. The smallest absolute Gasteiger partial charge is 0.219 e. The molecule has 0 aliphatic carbocycles. The summed E-state index contributed by atoms with van der Waals surface area (Å²) in [4.78, 5) is 4.09. The van der Waals surface area contributed by atoms with Crippen LogP contribution in [0.5, 0.6) is 0 Å². The fourth-order valence-corrected chi connectivity index (χ4v) is 3.08. The van der Waals surface area contributed by atoms with E-state index in [1.165, 1.54) is 0 Å². The van der Waals surface area contributed by atoms with Crippen molar-refractivity contribution in [1.29, 1.82) is 10.5 Å². The van der Waals surface area contributed by atoms with Gasteiger partial charge in [0.05, 0.1) is 23.3 Å². The van der Waals surface area contributed by atoms with Crippen molar-refractivity contribution < 1.29 is 4.57 Å². The monoisotopic (exact) mass is 359 g/mol. The SMILES string of the molecule is N#Cc1ccc(-c2cc(-c3ccncc3)cc[n+]2-c2ccc(C#N)cc2)cc1. The summed E-state index contributed by atoms with van der Waals surface area (Å²) in [5.41, 5.74) is 6.35. The first kappa shape index (κ1) is 17.1. The summed E-state index contributed by atoms with van der Waals surface area (Å²) in [5, 5.41) is 18.1. The van der Waals surface area contributed by atoms with Crippen molar-refractivity contribution in [2.75, 3.05) is 0 Å². The summed E-state index contributed by atoms with van der Waals surface area (Å²) in [6.45, 7) is 0. The lowest BCUT2D eigenvalue weighted by atomic mass is 10.0. The van der Waals surface area contributed by atoms with Crippen LogP contribution in [0.4, 0.5) is 0 Å². The molecular weight excluding hydrogens is 344 g/mol. The van der Waals surface area contributed by atoms with Crippen LogP contribution >= 0.6 is 0 Å². The third-order valence-corrected chi connectivity index (χ3v) is 4.55. The molecule has 0 bridgehead atoms. The minimum atomic E-state index is 0.623. The quantitative estimate of drug-likeness (QED) is 0.508. The second kappa shape index (κ2) is 7.53. The molecule has 0 saturated carbocycles. The fourth-order valence-electron chi connectivity index (χ4n) is 3.08. The highest BCUT2D eigenvalue weighted by molar-refractivity contribution is 5.69. The fraction of sp³-hybridized carbons (Fsp3) is 0. The summed E-state index contributed by atoms with van der Waals surface area (Å²) in [5.74, 6) is 0. The molecule has 4 aromatic rings. The Bertz CT molecular complexity index is 1200. The van der Waals surface area contributed by atoms with Crippen LogP contribution in [0.1, 0.15) is 11.1 Å². The van der Waals surface area contributed by atoms with E-state index in [4.69, 9.17) is 10.5 Å². The van der Waals surface area contributed by atoms with Crippen LogP contribution in [0.25, 0.3) is 28.1 Å². The maximum absolute atomic E-state index is 9.09. The first-order valence-electron chi connectivity index (χ1n) is 8.76. The van der Waals surface area contributed by atoms with E-state index in [2.05, 4.69) is 33.8 Å². The Morgan fingerprint density at radius 1 is 0.643 bits per heavy atom. The van der Waals surface area contributed by atoms with E-state index >= 15 is 0 Å². The minimum Gasteiger partial charge on any atom is -0.265 e. The normalized spacial score (nSPS) is 10.1. The molecule has 130 valence electrons. The average Bonchev–Trinajstić information content (AvgIpc) is 2.79. The van der Waals surface area contributed by atoms with Crippen LogP contribution in [-0.4, -0.2) is 4.98 Å². The summed E-state index contributed by atoms with van der Waals surface area (Å²) < 4.78 is 2.08. The predicted octanol–water partition coefficient (Wildman–Crippen LogP) is 4.44. The lowest BCUT2D eigenvalue weighted by Crippen LogP contribution is -2.33. The molecule has 0 saturated heterocycles. The molecule has 0 N–H and O–H groups in total. The van der Waals surface area contributed by atoms with E-state index in [0.29, 0.717) is 11.1 Å². The van der Waals surface area contributed by atoms with E-state index < -0.39 is 0 Å². The Morgan fingerprint density at radius 2 is 1.25 bits per heavy atom. The van der Waals surface area contributed by atoms with Crippen molar-refractivity contribution >= 4 is 0 Å². The van der Waals surface area contributed by atoms with Crippen LogP contribution in [0.3, 0.4) is 0 Å². The number of hydrogen-bond donors (Lipinski definition) is 0. The Morgan fingerprint density at radius 3 is 1.86 bits per heavy atom. The predicted molar refractivity (Wildman–Crippen MR) is 106 cm³/mol. The van der Waals surface area contributed by atoms with Crippen molar-refractivity contribution in [3.8, 4) is 40.2 Å².